The van der Waals surface area contributed by atoms with E-state index < -0.39 is 52.4 Å². The number of nitrogens with zero attached hydrogens (tertiary/aromatic N) is 3. The molecule has 2 aliphatic heterocycles. The van der Waals surface area contributed by atoms with Gasteiger partial charge in [0, 0.05) is 17.0 Å². The van der Waals surface area contributed by atoms with Gasteiger partial charge >= 0.3 is 11.9 Å². The number of halogens is 1. The number of aromatic nitrogens is 1. The molecule has 2 atom stereocenters. The molecule has 5 aromatic carbocycles. The van der Waals surface area contributed by atoms with E-state index in [9.17, 15) is 24.3 Å². The standard InChI is InChI=1S/C49H42ClN5O7S2/c1-48(2,46(60)61-41(31-18-8-3-9-19-31)32-20-10-4-11-21-32)62-54-38(42(56)52-39-43(57)55-40(45(58)59)33(28-50)29-63-44(39)55)37-30-64-47(51-37)53-49(34-22-12-5-13-23-34,35-24-14-6-15-25-35)36-26-16-7-17-27-36/h3-27,30,39,41,44H,28-29H2,1-2H3,(H,51,53)(H,52,56)(H,58,59)/t39?,44-/m0/s1. The van der Waals surface area contributed by atoms with Gasteiger partial charge in [0.25, 0.3) is 11.8 Å². The summed E-state index contributed by atoms with van der Waals surface area (Å²) in [7, 11) is 0. The highest BCUT2D eigenvalue weighted by Gasteiger charge is 2.54. The first-order valence-electron chi connectivity index (χ1n) is 20.3. The molecule has 0 spiro atoms. The molecule has 1 saturated heterocycles. The van der Waals surface area contributed by atoms with Crippen molar-refractivity contribution in [2.24, 2.45) is 5.16 Å². The van der Waals surface area contributed by atoms with Crippen molar-refractivity contribution >= 4 is 69.3 Å². The highest BCUT2D eigenvalue weighted by molar-refractivity contribution is 8.00. The van der Waals surface area contributed by atoms with E-state index in [4.69, 9.17) is 26.2 Å². The van der Waals surface area contributed by atoms with Gasteiger partial charge in [-0.05, 0) is 47.2 Å². The Bertz CT molecular complexity index is 2570. The predicted molar refractivity (Wildman–Crippen MR) is 248 cm³/mol. The number of thioether (sulfide) groups is 1. The molecule has 15 heteroatoms. The normalized spacial score (nSPS) is 16.4. The van der Waals surface area contributed by atoms with Gasteiger partial charge in [-0.25, -0.2) is 14.6 Å². The van der Waals surface area contributed by atoms with Gasteiger partial charge in [-0.15, -0.1) is 34.7 Å². The zero-order chi connectivity index (χ0) is 44.8. The van der Waals surface area contributed by atoms with Crippen LogP contribution in [-0.4, -0.2) is 73.1 Å². The third-order valence-electron chi connectivity index (χ3n) is 10.9. The number of hydrogen-bond acceptors (Lipinski definition) is 11. The first kappa shape index (κ1) is 43.9. The second-order valence-electron chi connectivity index (χ2n) is 15.4. The average molecular weight is 912 g/mol. The van der Waals surface area contributed by atoms with Crippen LogP contribution in [0.15, 0.2) is 173 Å². The highest BCUT2D eigenvalue weighted by atomic mass is 35.5. The minimum atomic E-state index is -1.74. The predicted octanol–water partition coefficient (Wildman–Crippen LogP) is 8.36. The first-order valence-corrected chi connectivity index (χ1v) is 22.7. The number of aliphatic carboxylic acids is 1. The van der Waals surface area contributed by atoms with Gasteiger partial charge in [0.15, 0.2) is 16.9 Å². The number of carboxylic acids is 1. The highest BCUT2D eigenvalue weighted by Crippen LogP contribution is 2.42. The molecule has 2 amide bonds. The van der Waals surface area contributed by atoms with E-state index in [1.807, 2.05) is 152 Å². The van der Waals surface area contributed by atoms with Crippen LogP contribution in [0.5, 0.6) is 0 Å². The Morgan fingerprint density at radius 1 is 0.828 bits per heavy atom. The van der Waals surface area contributed by atoms with Crippen LogP contribution in [0.25, 0.3) is 0 Å². The molecule has 8 rings (SSSR count). The summed E-state index contributed by atoms with van der Waals surface area (Å²) in [5, 5.41) is 22.0. The van der Waals surface area contributed by atoms with Gasteiger partial charge in [0.1, 0.15) is 28.3 Å². The number of fused-ring (bicyclic) bond motifs is 1. The third-order valence-corrected chi connectivity index (χ3v) is 13.3. The number of benzene rings is 5. The second-order valence-corrected chi connectivity index (χ2v) is 17.6. The smallest absolute Gasteiger partial charge is 0.353 e. The number of amides is 2. The van der Waals surface area contributed by atoms with Crippen molar-refractivity contribution in [3.05, 3.63) is 202 Å². The molecular weight excluding hydrogens is 870 g/mol. The summed E-state index contributed by atoms with van der Waals surface area (Å²) in [6.07, 6.45) is -0.777. The molecule has 12 nitrogen and oxygen atoms in total. The lowest BCUT2D eigenvalue weighted by Gasteiger charge is -2.49. The van der Waals surface area contributed by atoms with Crippen LogP contribution in [0.3, 0.4) is 0 Å². The van der Waals surface area contributed by atoms with E-state index >= 15 is 0 Å². The van der Waals surface area contributed by atoms with Crippen LogP contribution in [0.1, 0.15) is 53.5 Å². The van der Waals surface area contributed by atoms with Crippen LogP contribution in [0, 0.1) is 0 Å². The number of oxime groups is 1. The Labute approximate surface area is 383 Å². The summed E-state index contributed by atoms with van der Waals surface area (Å²) < 4.78 is 6.11. The molecule has 0 bridgehead atoms. The quantitative estimate of drug-likeness (QED) is 0.0215. The van der Waals surface area contributed by atoms with Crippen molar-refractivity contribution in [2.45, 2.75) is 42.5 Å². The fourth-order valence-electron chi connectivity index (χ4n) is 7.61. The number of carbonyl (C=O) groups excluding carboxylic acids is 3. The maximum absolute atomic E-state index is 14.5. The lowest BCUT2D eigenvalue weighted by atomic mass is 9.77. The number of carboxylic acid groups (broad SMARTS) is 1. The molecule has 1 aromatic heterocycles. The number of hydrogen-bond donors (Lipinski definition) is 3. The average Bonchev–Trinajstić information content (AvgIpc) is 3.80. The van der Waals surface area contributed by atoms with E-state index in [1.54, 1.807) is 5.38 Å². The molecule has 0 saturated carbocycles. The van der Waals surface area contributed by atoms with Crippen molar-refractivity contribution in [3.63, 3.8) is 0 Å². The molecule has 6 aromatic rings. The van der Waals surface area contributed by atoms with Gasteiger partial charge in [0.05, 0.1) is 0 Å². The fourth-order valence-corrected chi connectivity index (χ4v) is 10.0. The van der Waals surface area contributed by atoms with Crippen molar-refractivity contribution in [3.8, 4) is 0 Å². The van der Waals surface area contributed by atoms with Crippen molar-refractivity contribution < 1.29 is 33.9 Å². The SMILES string of the molecule is CC(C)(ON=C(C(=O)NC1C(=O)N2C(C(=O)O)=C(CCl)CS[C@@H]12)c1csc(NC(c2ccccc2)(c2ccccc2)c2ccccc2)n1)C(=O)OC(c1ccccc1)c1ccccc1. The molecule has 3 N–H and O–H groups in total. The molecule has 3 heterocycles. The number of carbonyl (C=O) groups is 4. The van der Waals surface area contributed by atoms with Gasteiger partial charge in [-0.2, -0.15) is 0 Å². The summed E-state index contributed by atoms with van der Waals surface area (Å²) in [6.45, 7) is 2.95. The molecule has 2 aliphatic rings. The lowest BCUT2D eigenvalue weighted by molar-refractivity contribution is -0.172. The van der Waals surface area contributed by atoms with E-state index in [-0.39, 0.29) is 28.7 Å². The van der Waals surface area contributed by atoms with Gasteiger partial charge < -0.3 is 25.3 Å². The van der Waals surface area contributed by atoms with Crippen LogP contribution in [0.2, 0.25) is 0 Å². The zero-order valence-corrected chi connectivity index (χ0v) is 37.0. The summed E-state index contributed by atoms with van der Waals surface area (Å²) in [5.74, 6) is -3.32. The van der Waals surface area contributed by atoms with Crippen molar-refractivity contribution in [1.29, 1.82) is 0 Å². The Kier molecular flexibility index (Phi) is 13.0. The van der Waals surface area contributed by atoms with E-state index in [2.05, 4.69) is 15.8 Å². The number of β-lactam (4-membered cyclic amide) rings is 1. The molecule has 1 fully saturated rings. The second kappa shape index (κ2) is 18.9. The number of thiazole rings is 1. The maximum Gasteiger partial charge on any atom is 0.353 e. The fraction of sp³-hybridized carbons (Fsp3) is 0.184. The molecule has 324 valence electrons. The largest absolute Gasteiger partial charge is 0.477 e. The summed E-state index contributed by atoms with van der Waals surface area (Å²) in [5.41, 5.74) is 1.52. The molecule has 1 unspecified atom stereocenters. The zero-order valence-electron chi connectivity index (χ0n) is 34.6. The summed E-state index contributed by atoms with van der Waals surface area (Å²) in [6, 6.07) is 47.2. The Morgan fingerprint density at radius 3 is 1.81 bits per heavy atom. The number of rotatable bonds is 16. The molecule has 0 aliphatic carbocycles. The summed E-state index contributed by atoms with van der Waals surface area (Å²) in [4.78, 5) is 66.3. The summed E-state index contributed by atoms with van der Waals surface area (Å²) >= 11 is 8.55. The van der Waals surface area contributed by atoms with Gasteiger partial charge in [-0.1, -0.05) is 157 Å². The Hall–Kier alpha value is -6.74. The first-order chi connectivity index (χ1) is 31.0. The minimum absolute atomic E-state index is 0.0632. The Morgan fingerprint density at radius 2 is 1.33 bits per heavy atom. The van der Waals surface area contributed by atoms with Gasteiger partial charge in [0.2, 0.25) is 5.60 Å². The number of esters is 1. The van der Waals surface area contributed by atoms with Crippen LogP contribution in [0.4, 0.5) is 5.13 Å². The maximum atomic E-state index is 14.5. The lowest BCUT2D eigenvalue weighted by Crippen LogP contribution is -2.71. The number of anilines is 1. The minimum Gasteiger partial charge on any atom is -0.477 e. The van der Waals surface area contributed by atoms with Gasteiger partial charge in [-0.3, -0.25) is 14.5 Å². The molecule has 64 heavy (non-hydrogen) atoms. The number of nitrogens with one attached hydrogen (secondary N) is 2. The Balaban J connectivity index is 1.14. The topological polar surface area (TPSA) is 160 Å². The van der Waals surface area contributed by atoms with Crippen LogP contribution >= 0.6 is 34.7 Å². The number of alkyl halides is 1. The van der Waals surface area contributed by atoms with E-state index in [0.717, 1.165) is 32.7 Å². The molecular formula is C49H42ClN5O7S2. The van der Waals surface area contributed by atoms with E-state index in [1.165, 1.54) is 36.9 Å². The van der Waals surface area contributed by atoms with Crippen molar-refractivity contribution in [1.82, 2.24) is 15.2 Å². The van der Waals surface area contributed by atoms with Crippen molar-refractivity contribution in [2.75, 3.05) is 16.9 Å². The third kappa shape index (κ3) is 8.76. The van der Waals surface area contributed by atoms with E-state index in [0.29, 0.717) is 10.7 Å². The van der Waals surface area contributed by atoms with Crippen LogP contribution in [-0.2, 0) is 34.3 Å². The van der Waals surface area contributed by atoms with Crippen LogP contribution < -0.4 is 10.6 Å². The molecule has 0 radical (unpaired) electrons. The number of ether oxygens (including phenoxy) is 1. The monoisotopic (exact) mass is 911 g/mol.